The van der Waals surface area contributed by atoms with Gasteiger partial charge in [0.1, 0.15) is 18.4 Å². The van der Waals surface area contributed by atoms with Crippen LogP contribution in [0.3, 0.4) is 0 Å². The van der Waals surface area contributed by atoms with E-state index in [-0.39, 0.29) is 24.2 Å². The average Bonchev–Trinajstić information content (AvgIpc) is 3.21. The molecule has 2 aliphatic rings. The number of hydrogen-bond acceptors (Lipinski definition) is 7. The van der Waals surface area contributed by atoms with E-state index in [1.165, 1.54) is 0 Å². The smallest absolute Gasteiger partial charge is 0.242 e. The SMILES string of the molecule is O=C(NCCOc1ccc2c(c1)OCO2)C(c1ccccc1)N1CCS(=O)(=O)CC1. The van der Waals surface area contributed by atoms with E-state index in [1.54, 1.807) is 18.2 Å². The number of nitrogens with zero attached hydrogens (tertiary/aromatic N) is 1. The van der Waals surface area contributed by atoms with Crippen LogP contribution in [0.2, 0.25) is 0 Å². The van der Waals surface area contributed by atoms with Gasteiger partial charge in [0, 0.05) is 19.2 Å². The summed E-state index contributed by atoms with van der Waals surface area (Å²) in [5.74, 6) is 1.92. The van der Waals surface area contributed by atoms with Crippen LogP contribution in [0.15, 0.2) is 48.5 Å². The number of carbonyl (C=O) groups is 1. The zero-order valence-electron chi connectivity index (χ0n) is 16.5. The highest BCUT2D eigenvalue weighted by atomic mass is 32.2. The molecule has 0 spiro atoms. The number of rotatable bonds is 7. The van der Waals surface area contributed by atoms with Crippen molar-refractivity contribution in [3.05, 3.63) is 54.1 Å². The molecule has 2 aliphatic heterocycles. The summed E-state index contributed by atoms with van der Waals surface area (Å²) in [6.45, 7) is 1.49. The van der Waals surface area contributed by atoms with Gasteiger partial charge in [-0.2, -0.15) is 0 Å². The van der Waals surface area contributed by atoms with Gasteiger partial charge in [0.15, 0.2) is 21.3 Å². The van der Waals surface area contributed by atoms with Gasteiger partial charge in [0.2, 0.25) is 12.7 Å². The predicted octanol–water partition coefficient (Wildman–Crippen LogP) is 1.38. The quantitative estimate of drug-likeness (QED) is 0.661. The highest BCUT2D eigenvalue weighted by Gasteiger charge is 2.32. The van der Waals surface area contributed by atoms with Gasteiger partial charge in [-0.1, -0.05) is 30.3 Å². The van der Waals surface area contributed by atoms with Crippen molar-refractivity contribution in [3.63, 3.8) is 0 Å². The van der Waals surface area contributed by atoms with Crippen LogP contribution in [-0.4, -0.2) is 63.8 Å². The first-order valence-electron chi connectivity index (χ1n) is 9.81. The molecule has 1 fully saturated rings. The number of ether oxygens (including phenoxy) is 3. The van der Waals surface area contributed by atoms with E-state index in [2.05, 4.69) is 5.32 Å². The fourth-order valence-electron chi connectivity index (χ4n) is 3.55. The molecule has 8 nitrogen and oxygen atoms in total. The molecule has 1 unspecified atom stereocenters. The van der Waals surface area contributed by atoms with Crippen LogP contribution in [0.5, 0.6) is 17.2 Å². The van der Waals surface area contributed by atoms with Gasteiger partial charge < -0.3 is 19.5 Å². The molecule has 1 N–H and O–H groups in total. The highest BCUT2D eigenvalue weighted by molar-refractivity contribution is 7.91. The molecule has 0 saturated carbocycles. The highest BCUT2D eigenvalue weighted by Crippen LogP contribution is 2.35. The number of fused-ring (bicyclic) bond motifs is 1. The van der Waals surface area contributed by atoms with Crippen LogP contribution >= 0.6 is 0 Å². The molecule has 2 aromatic carbocycles. The minimum absolute atomic E-state index is 0.0663. The largest absolute Gasteiger partial charge is 0.492 e. The maximum absolute atomic E-state index is 13.0. The Labute approximate surface area is 175 Å². The van der Waals surface area contributed by atoms with E-state index < -0.39 is 15.9 Å². The minimum Gasteiger partial charge on any atom is -0.492 e. The van der Waals surface area contributed by atoms with Crippen molar-refractivity contribution in [1.82, 2.24) is 10.2 Å². The topological polar surface area (TPSA) is 94.2 Å². The monoisotopic (exact) mass is 432 g/mol. The Morgan fingerprint density at radius 3 is 2.57 bits per heavy atom. The van der Waals surface area contributed by atoms with Gasteiger partial charge in [-0.05, 0) is 17.7 Å². The number of nitrogens with one attached hydrogen (secondary N) is 1. The van der Waals surface area contributed by atoms with Crippen molar-refractivity contribution in [3.8, 4) is 17.2 Å². The fourth-order valence-corrected chi connectivity index (χ4v) is 4.78. The molecule has 2 aromatic rings. The van der Waals surface area contributed by atoms with E-state index >= 15 is 0 Å². The zero-order valence-corrected chi connectivity index (χ0v) is 17.3. The molecule has 2 heterocycles. The summed E-state index contributed by atoms with van der Waals surface area (Å²) in [4.78, 5) is 14.9. The molecule has 1 atom stereocenters. The van der Waals surface area contributed by atoms with Crippen LogP contribution in [-0.2, 0) is 14.6 Å². The van der Waals surface area contributed by atoms with Crippen molar-refractivity contribution in [2.45, 2.75) is 6.04 Å². The average molecular weight is 432 g/mol. The first-order chi connectivity index (χ1) is 14.5. The normalized spacial score (nSPS) is 18.5. The van der Waals surface area contributed by atoms with Gasteiger partial charge in [-0.3, -0.25) is 9.69 Å². The molecule has 0 radical (unpaired) electrons. The Hall–Kier alpha value is -2.78. The Balaban J connectivity index is 1.35. The molecule has 160 valence electrons. The number of benzene rings is 2. The third kappa shape index (κ3) is 4.85. The molecule has 1 amide bonds. The maximum atomic E-state index is 13.0. The lowest BCUT2D eigenvalue weighted by atomic mass is 10.0. The molecular weight excluding hydrogens is 408 g/mol. The van der Waals surface area contributed by atoms with E-state index in [1.807, 2.05) is 35.2 Å². The maximum Gasteiger partial charge on any atom is 0.242 e. The summed E-state index contributed by atoms with van der Waals surface area (Å²) in [6.07, 6.45) is 0. The van der Waals surface area contributed by atoms with Crippen LogP contribution in [0, 0.1) is 0 Å². The van der Waals surface area contributed by atoms with Gasteiger partial charge >= 0.3 is 0 Å². The number of hydrogen-bond donors (Lipinski definition) is 1. The Kier molecular flexibility index (Phi) is 6.10. The molecule has 1 saturated heterocycles. The third-order valence-electron chi connectivity index (χ3n) is 5.12. The van der Waals surface area contributed by atoms with Crippen molar-refractivity contribution >= 4 is 15.7 Å². The second kappa shape index (κ2) is 8.93. The first-order valence-corrected chi connectivity index (χ1v) is 11.6. The van der Waals surface area contributed by atoms with Gasteiger partial charge in [-0.15, -0.1) is 0 Å². The Bertz CT molecular complexity index is 982. The Morgan fingerprint density at radius 1 is 1.07 bits per heavy atom. The summed E-state index contributed by atoms with van der Waals surface area (Å²) < 4.78 is 39.9. The number of sulfone groups is 1. The second-order valence-electron chi connectivity index (χ2n) is 7.16. The number of amides is 1. The molecular formula is C21H24N2O6S. The fraction of sp³-hybridized carbons (Fsp3) is 0.381. The third-order valence-corrected chi connectivity index (χ3v) is 6.73. The summed E-state index contributed by atoms with van der Waals surface area (Å²) in [7, 11) is -3.03. The molecule has 0 aliphatic carbocycles. The lowest BCUT2D eigenvalue weighted by Gasteiger charge is -2.33. The number of carbonyl (C=O) groups excluding carboxylic acids is 1. The zero-order chi connectivity index (χ0) is 21.0. The standard InChI is InChI=1S/C21H24N2O6S/c24-21(22-8-11-27-17-6-7-18-19(14-17)29-15-28-18)20(16-4-2-1-3-5-16)23-9-12-30(25,26)13-10-23/h1-7,14,20H,8-13,15H2,(H,22,24). The van der Waals surface area contributed by atoms with Gasteiger partial charge in [0.05, 0.1) is 18.1 Å². The summed E-state index contributed by atoms with van der Waals surface area (Å²) >= 11 is 0. The van der Waals surface area contributed by atoms with E-state index in [0.717, 1.165) is 5.56 Å². The Morgan fingerprint density at radius 2 is 1.80 bits per heavy atom. The lowest BCUT2D eigenvalue weighted by Crippen LogP contribution is -2.48. The second-order valence-corrected chi connectivity index (χ2v) is 9.46. The summed E-state index contributed by atoms with van der Waals surface area (Å²) in [5.41, 5.74) is 0.839. The lowest BCUT2D eigenvalue weighted by molar-refractivity contribution is -0.126. The van der Waals surface area contributed by atoms with Crippen molar-refractivity contribution in [2.75, 3.05) is 44.5 Å². The van der Waals surface area contributed by atoms with Crippen LogP contribution in [0.4, 0.5) is 0 Å². The van der Waals surface area contributed by atoms with E-state index in [0.29, 0.717) is 43.5 Å². The van der Waals surface area contributed by atoms with Crippen molar-refractivity contribution in [1.29, 1.82) is 0 Å². The summed E-state index contributed by atoms with van der Waals surface area (Å²) in [6, 6.07) is 14.2. The van der Waals surface area contributed by atoms with E-state index in [4.69, 9.17) is 14.2 Å². The first kappa shape index (κ1) is 20.5. The molecule has 30 heavy (non-hydrogen) atoms. The van der Waals surface area contributed by atoms with Crippen LogP contribution < -0.4 is 19.5 Å². The van der Waals surface area contributed by atoms with Crippen molar-refractivity contribution < 1.29 is 27.4 Å². The van der Waals surface area contributed by atoms with Gasteiger partial charge in [0.25, 0.3) is 0 Å². The molecule has 0 bridgehead atoms. The van der Waals surface area contributed by atoms with E-state index in [9.17, 15) is 13.2 Å². The van der Waals surface area contributed by atoms with Crippen LogP contribution in [0.25, 0.3) is 0 Å². The summed E-state index contributed by atoms with van der Waals surface area (Å²) in [5, 5.41) is 2.91. The van der Waals surface area contributed by atoms with Gasteiger partial charge in [-0.25, -0.2) is 8.42 Å². The minimum atomic E-state index is -3.03. The van der Waals surface area contributed by atoms with Crippen molar-refractivity contribution in [2.24, 2.45) is 0 Å². The molecule has 0 aromatic heterocycles. The molecule has 4 rings (SSSR count). The van der Waals surface area contributed by atoms with Crippen LogP contribution in [0.1, 0.15) is 11.6 Å². The molecule has 9 heteroatoms. The predicted molar refractivity (Wildman–Crippen MR) is 110 cm³/mol.